The lowest BCUT2D eigenvalue weighted by Crippen LogP contribution is -2.45. The van der Waals surface area contributed by atoms with E-state index in [0.29, 0.717) is 0 Å². The van der Waals surface area contributed by atoms with E-state index < -0.39 is 0 Å². The summed E-state index contributed by atoms with van der Waals surface area (Å²) in [6.07, 6.45) is 2.57. The lowest BCUT2D eigenvalue weighted by molar-refractivity contribution is 0.127. The Morgan fingerprint density at radius 1 is 1.29 bits per heavy atom. The van der Waals surface area contributed by atoms with E-state index in [1.807, 2.05) is 0 Å². The third-order valence-corrected chi connectivity index (χ3v) is 3.78. The molecule has 14 heavy (non-hydrogen) atoms. The van der Waals surface area contributed by atoms with E-state index in [-0.39, 0.29) is 0 Å². The predicted octanol–water partition coefficient (Wildman–Crippen LogP) is 2.10. The highest BCUT2D eigenvalue weighted by atomic mass is 15.2. The number of nitrogens with one attached hydrogen (secondary N) is 1. The molecular weight excluding hydrogens is 172 g/mol. The maximum Gasteiger partial charge on any atom is 0.0263 e. The minimum absolute atomic E-state index is 0.735. The minimum atomic E-state index is 0.735. The zero-order valence-corrected chi connectivity index (χ0v) is 10.2. The van der Waals surface area contributed by atoms with Crippen molar-refractivity contribution in [3.8, 4) is 0 Å². The highest BCUT2D eigenvalue weighted by Crippen LogP contribution is 2.21. The van der Waals surface area contributed by atoms with E-state index in [0.717, 1.165) is 18.0 Å². The summed E-state index contributed by atoms with van der Waals surface area (Å²) in [6, 6.07) is 1.51. The fraction of sp³-hybridized carbons (Fsp3) is 1.00. The molecular formula is C12H26N2. The molecule has 1 N–H and O–H groups in total. The normalized spacial score (nSPS) is 29.8. The van der Waals surface area contributed by atoms with Crippen molar-refractivity contribution >= 4 is 0 Å². The fourth-order valence-electron chi connectivity index (χ4n) is 2.63. The van der Waals surface area contributed by atoms with Crippen LogP contribution in [0.1, 0.15) is 40.5 Å². The first-order valence-corrected chi connectivity index (χ1v) is 6.20. The van der Waals surface area contributed by atoms with Crippen molar-refractivity contribution < 1.29 is 0 Å². The molecule has 0 spiro atoms. The van der Waals surface area contributed by atoms with Gasteiger partial charge in [-0.25, -0.2) is 0 Å². The van der Waals surface area contributed by atoms with Crippen LogP contribution < -0.4 is 5.32 Å². The summed E-state index contributed by atoms with van der Waals surface area (Å²) in [5, 5.41) is 3.53. The molecule has 0 aromatic carbocycles. The fourth-order valence-corrected chi connectivity index (χ4v) is 2.63. The lowest BCUT2D eigenvalue weighted by Gasteiger charge is -2.35. The first-order valence-electron chi connectivity index (χ1n) is 6.20. The second-order valence-corrected chi connectivity index (χ2v) is 4.48. The maximum atomic E-state index is 3.53. The molecule has 2 nitrogen and oxygen atoms in total. The van der Waals surface area contributed by atoms with E-state index in [1.165, 1.54) is 32.5 Å². The Kier molecular flexibility index (Phi) is 4.90. The summed E-state index contributed by atoms with van der Waals surface area (Å²) < 4.78 is 0. The van der Waals surface area contributed by atoms with Crippen LogP contribution in [0.2, 0.25) is 0 Å². The molecule has 1 heterocycles. The zero-order valence-electron chi connectivity index (χ0n) is 10.2. The standard InChI is InChI=1S/C12H26N2/c1-5-10(4)14(7-3)12-9-13-8-11(12)6-2/h10-13H,5-9H2,1-4H3. The van der Waals surface area contributed by atoms with Crippen LogP contribution in [0, 0.1) is 5.92 Å². The van der Waals surface area contributed by atoms with Gasteiger partial charge in [0, 0.05) is 18.6 Å². The van der Waals surface area contributed by atoms with Crippen molar-refractivity contribution in [1.29, 1.82) is 0 Å². The molecule has 1 aliphatic heterocycles. The SMILES string of the molecule is CCC1CNCC1N(CC)C(C)CC. The molecule has 0 amide bonds. The van der Waals surface area contributed by atoms with Crippen molar-refractivity contribution in [3.05, 3.63) is 0 Å². The molecule has 1 fully saturated rings. The first kappa shape index (κ1) is 12.0. The summed E-state index contributed by atoms with van der Waals surface area (Å²) in [5.41, 5.74) is 0. The third kappa shape index (κ3) is 2.48. The van der Waals surface area contributed by atoms with Crippen molar-refractivity contribution in [2.45, 2.75) is 52.6 Å². The van der Waals surface area contributed by atoms with Crippen LogP contribution in [0.5, 0.6) is 0 Å². The van der Waals surface area contributed by atoms with Crippen LogP contribution in [0.4, 0.5) is 0 Å². The van der Waals surface area contributed by atoms with Crippen LogP contribution in [0.3, 0.4) is 0 Å². The number of rotatable bonds is 5. The van der Waals surface area contributed by atoms with Gasteiger partial charge in [0.25, 0.3) is 0 Å². The van der Waals surface area contributed by atoms with Gasteiger partial charge >= 0.3 is 0 Å². The molecule has 3 unspecified atom stereocenters. The van der Waals surface area contributed by atoms with Crippen molar-refractivity contribution in [2.24, 2.45) is 5.92 Å². The van der Waals surface area contributed by atoms with Crippen molar-refractivity contribution in [3.63, 3.8) is 0 Å². The van der Waals surface area contributed by atoms with Crippen LogP contribution in [0.25, 0.3) is 0 Å². The second-order valence-electron chi connectivity index (χ2n) is 4.48. The van der Waals surface area contributed by atoms with Crippen LogP contribution in [0.15, 0.2) is 0 Å². The Bertz CT molecular complexity index is 158. The average Bonchev–Trinajstić information content (AvgIpc) is 2.66. The molecule has 0 aromatic rings. The summed E-state index contributed by atoms with van der Waals surface area (Å²) in [4.78, 5) is 2.67. The van der Waals surface area contributed by atoms with Gasteiger partial charge < -0.3 is 5.32 Å². The van der Waals surface area contributed by atoms with E-state index in [1.54, 1.807) is 0 Å². The quantitative estimate of drug-likeness (QED) is 0.728. The largest absolute Gasteiger partial charge is 0.315 e. The van der Waals surface area contributed by atoms with E-state index in [9.17, 15) is 0 Å². The molecule has 0 aromatic heterocycles. The number of likely N-dealkylation sites (N-methyl/N-ethyl adjacent to an activating group) is 1. The highest BCUT2D eigenvalue weighted by Gasteiger charge is 2.31. The summed E-state index contributed by atoms with van der Waals surface area (Å²) >= 11 is 0. The van der Waals surface area contributed by atoms with E-state index in [4.69, 9.17) is 0 Å². The van der Waals surface area contributed by atoms with Gasteiger partial charge in [-0.05, 0) is 32.4 Å². The van der Waals surface area contributed by atoms with Crippen LogP contribution in [-0.4, -0.2) is 36.6 Å². The molecule has 0 saturated carbocycles. The van der Waals surface area contributed by atoms with E-state index >= 15 is 0 Å². The third-order valence-electron chi connectivity index (χ3n) is 3.78. The minimum Gasteiger partial charge on any atom is -0.315 e. The monoisotopic (exact) mass is 198 g/mol. The molecule has 0 bridgehead atoms. The van der Waals surface area contributed by atoms with Gasteiger partial charge in [0.1, 0.15) is 0 Å². The molecule has 84 valence electrons. The number of hydrogen-bond donors (Lipinski definition) is 1. The zero-order chi connectivity index (χ0) is 10.6. The van der Waals surface area contributed by atoms with Gasteiger partial charge in [0.05, 0.1) is 0 Å². The van der Waals surface area contributed by atoms with Crippen molar-refractivity contribution in [1.82, 2.24) is 10.2 Å². The number of nitrogens with zero attached hydrogens (tertiary/aromatic N) is 1. The molecule has 0 aliphatic carbocycles. The topological polar surface area (TPSA) is 15.3 Å². The molecule has 1 rings (SSSR count). The van der Waals surface area contributed by atoms with Crippen LogP contribution >= 0.6 is 0 Å². The Morgan fingerprint density at radius 3 is 2.50 bits per heavy atom. The molecule has 1 saturated heterocycles. The average molecular weight is 198 g/mol. The Hall–Kier alpha value is -0.0800. The Morgan fingerprint density at radius 2 is 2.00 bits per heavy atom. The van der Waals surface area contributed by atoms with Gasteiger partial charge in [-0.15, -0.1) is 0 Å². The maximum absolute atomic E-state index is 3.53. The summed E-state index contributed by atoms with van der Waals surface area (Å²) in [7, 11) is 0. The van der Waals surface area contributed by atoms with Crippen molar-refractivity contribution in [2.75, 3.05) is 19.6 Å². The highest BCUT2D eigenvalue weighted by molar-refractivity contribution is 4.89. The smallest absolute Gasteiger partial charge is 0.0263 e. The molecule has 2 heteroatoms. The molecule has 3 atom stereocenters. The predicted molar refractivity (Wildman–Crippen MR) is 62.6 cm³/mol. The van der Waals surface area contributed by atoms with E-state index in [2.05, 4.69) is 37.9 Å². The van der Waals surface area contributed by atoms with Gasteiger partial charge in [0.2, 0.25) is 0 Å². The van der Waals surface area contributed by atoms with Gasteiger partial charge in [0.15, 0.2) is 0 Å². The summed E-state index contributed by atoms with van der Waals surface area (Å²) in [5.74, 6) is 0.865. The second kappa shape index (κ2) is 5.72. The Labute approximate surface area is 89.1 Å². The lowest BCUT2D eigenvalue weighted by atomic mass is 9.97. The summed E-state index contributed by atoms with van der Waals surface area (Å²) in [6.45, 7) is 12.8. The first-order chi connectivity index (χ1) is 6.74. The van der Waals surface area contributed by atoms with Crippen LogP contribution in [-0.2, 0) is 0 Å². The van der Waals surface area contributed by atoms with Gasteiger partial charge in [-0.2, -0.15) is 0 Å². The molecule has 1 aliphatic rings. The Balaban J connectivity index is 2.58. The number of hydrogen-bond acceptors (Lipinski definition) is 2. The molecule has 0 radical (unpaired) electrons. The van der Waals surface area contributed by atoms with Gasteiger partial charge in [-0.1, -0.05) is 27.2 Å². The van der Waals surface area contributed by atoms with Gasteiger partial charge in [-0.3, -0.25) is 4.90 Å².